The number of para-hydroxylation sites is 2. The summed E-state index contributed by atoms with van der Waals surface area (Å²) in [6.45, 7) is 1.80. The number of carbonyl (C=O) groups is 3. The molecule has 0 atom stereocenters. The van der Waals surface area contributed by atoms with Gasteiger partial charge < -0.3 is 24.8 Å². The molecule has 4 amide bonds. The Kier molecular flexibility index (Phi) is 8.16. The summed E-state index contributed by atoms with van der Waals surface area (Å²) < 4.78 is 16.9. The number of halogens is 1. The molecule has 0 unspecified atom stereocenters. The van der Waals surface area contributed by atoms with Gasteiger partial charge in [-0.05, 0) is 42.8 Å². The van der Waals surface area contributed by atoms with E-state index in [0.717, 1.165) is 4.90 Å². The van der Waals surface area contributed by atoms with E-state index in [4.69, 9.17) is 20.6 Å². The molecule has 34 heavy (non-hydrogen) atoms. The van der Waals surface area contributed by atoms with Crippen molar-refractivity contribution >= 4 is 45.5 Å². The zero-order valence-corrected chi connectivity index (χ0v) is 20.1. The number of anilines is 1. The summed E-state index contributed by atoms with van der Waals surface area (Å²) in [5.74, 6) is 2.52. The average molecular weight is 528 g/mol. The molecule has 0 aromatic heterocycles. The second-order valence-electron chi connectivity index (χ2n) is 6.87. The van der Waals surface area contributed by atoms with Crippen LogP contribution in [0.3, 0.4) is 0 Å². The molecule has 0 radical (unpaired) electrons. The second-order valence-corrected chi connectivity index (χ2v) is 7.73. The van der Waals surface area contributed by atoms with Gasteiger partial charge in [-0.15, -0.1) is 6.42 Å². The van der Waals surface area contributed by atoms with Crippen LogP contribution in [-0.4, -0.2) is 49.6 Å². The van der Waals surface area contributed by atoms with Crippen molar-refractivity contribution in [3.8, 4) is 29.6 Å². The molecule has 0 bridgehead atoms. The fourth-order valence-corrected chi connectivity index (χ4v) is 3.55. The van der Waals surface area contributed by atoms with Crippen LogP contribution in [-0.2, 0) is 9.59 Å². The smallest absolute Gasteiger partial charge is 0.329 e. The summed E-state index contributed by atoms with van der Waals surface area (Å²) in [5, 5.41) is 5.13. The Balaban J connectivity index is 1.78. The van der Waals surface area contributed by atoms with Gasteiger partial charge in [0.1, 0.15) is 24.6 Å². The number of hydrogen-bond donors (Lipinski definition) is 2. The Morgan fingerprint density at radius 2 is 1.94 bits per heavy atom. The summed E-state index contributed by atoms with van der Waals surface area (Å²) in [6, 6.07) is 9.42. The van der Waals surface area contributed by atoms with E-state index in [9.17, 15) is 14.4 Å². The topological polar surface area (TPSA) is 106 Å². The first-order valence-electron chi connectivity index (χ1n) is 10.2. The Morgan fingerprint density at radius 3 is 2.65 bits per heavy atom. The van der Waals surface area contributed by atoms with Crippen LogP contribution in [0.2, 0.25) is 0 Å². The lowest BCUT2D eigenvalue weighted by molar-refractivity contribution is -0.127. The molecule has 1 fully saturated rings. The SMILES string of the molecule is C#CCOc1cc(Br)c(/C=C2/NC(=O)N(CC(=O)Nc3ccccc3OC)C2=O)cc1OCC. The van der Waals surface area contributed by atoms with Crippen LogP contribution in [0.15, 0.2) is 46.6 Å². The van der Waals surface area contributed by atoms with Gasteiger partial charge in [-0.1, -0.05) is 34.0 Å². The van der Waals surface area contributed by atoms with Crippen molar-refractivity contribution in [3.05, 3.63) is 52.1 Å². The van der Waals surface area contributed by atoms with Crippen molar-refractivity contribution in [2.75, 3.05) is 32.2 Å². The molecule has 10 heteroatoms. The third-order valence-electron chi connectivity index (χ3n) is 4.62. The van der Waals surface area contributed by atoms with Crippen molar-refractivity contribution in [1.82, 2.24) is 10.2 Å². The number of amides is 4. The van der Waals surface area contributed by atoms with Gasteiger partial charge in [0.15, 0.2) is 11.5 Å². The predicted molar refractivity (Wildman–Crippen MR) is 129 cm³/mol. The molecule has 0 saturated carbocycles. The number of carbonyl (C=O) groups excluding carboxylic acids is 3. The van der Waals surface area contributed by atoms with Crippen LogP contribution in [0, 0.1) is 12.3 Å². The Labute approximate surface area is 205 Å². The Hall–Kier alpha value is -3.97. The van der Waals surface area contributed by atoms with E-state index >= 15 is 0 Å². The third kappa shape index (κ3) is 5.68. The molecule has 176 valence electrons. The number of nitrogens with one attached hydrogen (secondary N) is 2. The highest BCUT2D eigenvalue weighted by molar-refractivity contribution is 9.10. The van der Waals surface area contributed by atoms with Crippen molar-refractivity contribution in [2.45, 2.75) is 6.92 Å². The van der Waals surface area contributed by atoms with Gasteiger partial charge in [-0.25, -0.2) is 9.69 Å². The minimum absolute atomic E-state index is 0.00975. The van der Waals surface area contributed by atoms with Crippen molar-refractivity contribution in [1.29, 1.82) is 0 Å². The van der Waals surface area contributed by atoms with Gasteiger partial charge in [0.05, 0.1) is 19.4 Å². The van der Waals surface area contributed by atoms with Gasteiger partial charge in [0.25, 0.3) is 5.91 Å². The molecule has 0 aliphatic carbocycles. The van der Waals surface area contributed by atoms with Gasteiger partial charge in [-0.3, -0.25) is 9.59 Å². The minimum atomic E-state index is -0.707. The normalized spacial score (nSPS) is 13.9. The number of terminal acetylenes is 1. The first-order chi connectivity index (χ1) is 16.4. The summed E-state index contributed by atoms with van der Waals surface area (Å²) >= 11 is 3.43. The highest BCUT2D eigenvalue weighted by Crippen LogP contribution is 2.35. The Morgan fingerprint density at radius 1 is 1.21 bits per heavy atom. The highest BCUT2D eigenvalue weighted by Gasteiger charge is 2.35. The number of imide groups is 1. The maximum absolute atomic E-state index is 12.8. The van der Waals surface area contributed by atoms with E-state index in [1.807, 2.05) is 6.92 Å². The number of hydrogen-bond acceptors (Lipinski definition) is 6. The maximum atomic E-state index is 12.8. The standard InChI is InChI=1S/C24H22BrN3O6/c1-4-10-34-21-13-16(25)15(12-20(21)33-5-2)11-18-23(30)28(24(31)27-18)14-22(29)26-17-8-6-7-9-19(17)32-3/h1,6-9,11-13H,5,10,14H2,2-3H3,(H,26,29)(H,27,31)/b18-11+. The molecular weight excluding hydrogens is 506 g/mol. The Bertz CT molecular complexity index is 1190. The van der Waals surface area contributed by atoms with Crippen LogP contribution < -0.4 is 24.8 Å². The third-order valence-corrected chi connectivity index (χ3v) is 5.31. The molecule has 0 spiro atoms. The van der Waals surface area contributed by atoms with Crippen LogP contribution in [0.1, 0.15) is 12.5 Å². The summed E-state index contributed by atoms with van der Waals surface area (Å²) in [4.78, 5) is 38.5. The highest BCUT2D eigenvalue weighted by atomic mass is 79.9. The number of benzene rings is 2. The zero-order valence-electron chi connectivity index (χ0n) is 18.5. The van der Waals surface area contributed by atoms with Crippen LogP contribution in [0.5, 0.6) is 17.2 Å². The molecule has 1 saturated heterocycles. The molecule has 1 aliphatic heterocycles. The lowest BCUT2D eigenvalue weighted by Crippen LogP contribution is -2.38. The number of rotatable bonds is 9. The average Bonchev–Trinajstić information content (AvgIpc) is 3.07. The molecule has 2 N–H and O–H groups in total. The van der Waals surface area contributed by atoms with E-state index in [-0.39, 0.29) is 12.3 Å². The zero-order chi connectivity index (χ0) is 24.7. The first-order valence-corrected chi connectivity index (χ1v) is 11.0. The van der Waals surface area contributed by atoms with Crippen molar-refractivity contribution in [3.63, 3.8) is 0 Å². The molecule has 2 aromatic carbocycles. The van der Waals surface area contributed by atoms with Gasteiger partial charge in [0.2, 0.25) is 5.91 Å². The van der Waals surface area contributed by atoms with E-state index in [0.29, 0.717) is 39.6 Å². The number of methoxy groups -OCH3 is 1. The molecule has 1 aliphatic rings. The van der Waals surface area contributed by atoms with Gasteiger partial charge >= 0.3 is 6.03 Å². The van der Waals surface area contributed by atoms with Gasteiger partial charge in [0, 0.05) is 4.47 Å². The number of urea groups is 1. The molecule has 9 nitrogen and oxygen atoms in total. The monoisotopic (exact) mass is 527 g/mol. The molecule has 1 heterocycles. The fourth-order valence-electron chi connectivity index (χ4n) is 3.11. The van der Waals surface area contributed by atoms with Crippen LogP contribution in [0.25, 0.3) is 6.08 Å². The van der Waals surface area contributed by atoms with Crippen molar-refractivity contribution in [2.24, 2.45) is 0 Å². The molecule has 3 rings (SSSR count). The van der Waals surface area contributed by atoms with Crippen LogP contribution >= 0.6 is 15.9 Å². The van der Waals surface area contributed by atoms with E-state index < -0.39 is 24.4 Å². The predicted octanol–water partition coefficient (Wildman–Crippen LogP) is 3.40. The summed E-state index contributed by atoms with van der Waals surface area (Å²) in [5.41, 5.74) is 0.994. The first kappa shape index (κ1) is 24.7. The maximum Gasteiger partial charge on any atom is 0.329 e. The lowest BCUT2D eigenvalue weighted by Gasteiger charge is -2.14. The van der Waals surface area contributed by atoms with Gasteiger partial charge in [-0.2, -0.15) is 0 Å². The molecular formula is C24H22BrN3O6. The molecule has 2 aromatic rings. The van der Waals surface area contributed by atoms with E-state index in [1.54, 1.807) is 36.4 Å². The van der Waals surface area contributed by atoms with Crippen molar-refractivity contribution < 1.29 is 28.6 Å². The second kappa shape index (κ2) is 11.2. The lowest BCUT2D eigenvalue weighted by atomic mass is 10.1. The number of nitrogens with zero attached hydrogens (tertiary/aromatic N) is 1. The quantitative estimate of drug-likeness (QED) is 0.294. The van der Waals surface area contributed by atoms with E-state index in [2.05, 4.69) is 32.5 Å². The summed E-state index contributed by atoms with van der Waals surface area (Å²) in [7, 11) is 1.47. The van der Waals surface area contributed by atoms with Crippen LogP contribution in [0.4, 0.5) is 10.5 Å². The van der Waals surface area contributed by atoms with E-state index in [1.165, 1.54) is 13.2 Å². The number of ether oxygens (including phenoxy) is 3. The largest absolute Gasteiger partial charge is 0.495 e. The minimum Gasteiger partial charge on any atom is -0.495 e. The fraction of sp³-hybridized carbons (Fsp3) is 0.208. The summed E-state index contributed by atoms with van der Waals surface area (Å²) in [6.07, 6.45) is 6.74.